The van der Waals surface area contributed by atoms with Crippen LogP contribution >= 0.6 is 0 Å². The van der Waals surface area contributed by atoms with Gasteiger partial charge >= 0.3 is 0 Å². The van der Waals surface area contributed by atoms with E-state index in [0.29, 0.717) is 22.8 Å². The Kier molecular flexibility index (Phi) is 10.4. The Morgan fingerprint density at radius 1 is 0.442 bits per heavy atom. The first kappa shape index (κ1) is 29.8. The lowest BCUT2D eigenvalue weighted by molar-refractivity contribution is 0.473. The van der Waals surface area contributed by atoms with Crippen molar-refractivity contribution < 1.29 is 20.4 Å². The summed E-state index contributed by atoms with van der Waals surface area (Å²) in [7, 11) is 0. The highest BCUT2D eigenvalue weighted by molar-refractivity contribution is 5.58. The van der Waals surface area contributed by atoms with Crippen LogP contribution in [0.25, 0.3) is 34.2 Å². The van der Waals surface area contributed by atoms with Crippen molar-refractivity contribution in [3.05, 3.63) is 134 Å². The number of allylic oxidation sites excluding steroid dienone is 1. The first-order chi connectivity index (χ1) is 20.9. The molecule has 0 spiro atoms. The van der Waals surface area contributed by atoms with Gasteiger partial charge in [0.05, 0.1) is 34.2 Å². The highest BCUT2D eigenvalue weighted by atomic mass is 16.3. The van der Waals surface area contributed by atoms with Crippen LogP contribution in [0.15, 0.2) is 129 Å². The minimum absolute atomic E-state index is 0.125. The van der Waals surface area contributed by atoms with Gasteiger partial charge in [-0.2, -0.15) is 0 Å². The molecule has 43 heavy (non-hydrogen) atoms. The number of hydrogen-bond donors (Lipinski definition) is 4. The summed E-state index contributed by atoms with van der Waals surface area (Å²) in [6.45, 7) is 3.72. The minimum atomic E-state index is 0.125. The Balaban J connectivity index is 0.000000148. The van der Waals surface area contributed by atoms with E-state index in [1.165, 1.54) is 78.9 Å². The lowest BCUT2D eigenvalue weighted by atomic mass is 10.1. The smallest absolute Gasteiger partial charge is 0.119 e. The molecule has 0 radical (unpaired) electrons. The Bertz CT molecular complexity index is 1610. The van der Waals surface area contributed by atoms with Crippen molar-refractivity contribution in [3.8, 4) is 57.2 Å². The van der Waals surface area contributed by atoms with Gasteiger partial charge in [0, 0.05) is 61.4 Å². The molecule has 0 saturated heterocycles. The second kappa shape index (κ2) is 15.0. The molecule has 6 rings (SSSR count). The van der Waals surface area contributed by atoms with Crippen molar-refractivity contribution in [2.24, 2.45) is 0 Å². The summed E-state index contributed by atoms with van der Waals surface area (Å²) < 4.78 is 0. The molecule has 0 unspecified atom stereocenters. The largest absolute Gasteiger partial charge is 0.508 e. The summed E-state index contributed by atoms with van der Waals surface area (Å²) in [4.78, 5) is 24.6. The van der Waals surface area contributed by atoms with Crippen LogP contribution in [0.4, 0.5) is 0 Å². The van der Waals surface area contributed by atoms with E-state index in [1.54, 1.807) is 6.20 Å². The fraction of sp³-hybridized carbons (Fsp3) is 0.0303. The molecule has 214 valence electrons. The molecule has 0 saturated carbocycles. The third kappa shape index (κ3) is 9.19. The third-order valence-electron chi connectivity index (χ3n) is 5.63. The van der Waals surface area contributed by atoms with Crippen LogP contribution in [-0.2, 0) is 6.42 Å². The summed E-state index contributed by atoms with van der Waals surface area (Å²) >= 11 is 0. The molecule has 6 aromatic heterocycles. The Morgan fingerprint density at radius 2 is 0.814 bits per heavy atom. The lowest BCUT2D eigenvalue weighted by Gasteiger charge is -2.01. The second-order valence-electron chi connectivity index (χ2n) is 8.85. The molecule has 0 bridgehead atoms. The van der Waals surface area contributed by atoms with E-state index in [9.17, 15) is 20.4 Å². The molecular weight excluding hydrogens is 544 g/mol. The molecule has 0 fully saturated rings. The van der Waals surface area contributed by atoms with Crippen LogP contribution in [0.5, 0.6) is 23.0 Å². The fourth-order valence-corrected chi connectivity index (χ4v) is 3.66. The maximum Gasteiger partial charge on any atom is 0.119 e. The van der Waals surface area contributed by atoms with Crippen LogP contribution in [0.2, 0.25) is 0 Å². The molecule has 0 aliphatic rings. The molecule has 6 aromatic rings. The van der Waals surface area contributed by atoms with Gasteiger partial charge in [0.25, 0.3) is 0 Å². The summed E-state index contributed by atoms with van der Waals surface area (Å²) in [5.41, 5.74) is 5.14. The van der Waals surface area contributed by atoms with Crippen molar-refractivity contribution in [2.75, 3.05) is 0 Å². The molecule has 10 nitrogen and oxygen atoms in total. The average molecular weight is 573 g/mol. The summed E-state index contributed by atoms with van der Waals surface area (Å²) in [6.07, 6.45) is 12.3. The van der Waals surface area contributed by atoms with Crippen molar-refractivity contribution in [2.45, 2.75) is 6.42 Å². The highest BCUT2D eigenvalue weighted by Crippen LogP contribution is 2.22. The Morgan fingerprint density at radius 3 is 1.16 bits per heavy atom. The molecule has 0 amide bonds. The Hall–Kier alpha value is -6.16. The highest BCUT2D eigenvalue weighted by Gasteiger charge is 2.03. The Labute approximate surface area is 248 Å². The van der Waals surface area contributed by atoms with Crippen molar-refractivity contribution >= 4 is 0 Å². The molecule has 10 heteroatoms. The SMILES string of the molecule is C=CCc1ccnc(-c2ccccn2)c1.Oc1ccnc(-c2cc(O)ccn2)c1.Oc1ccnc(-c2cc(O)ccn2)c1. The number of aromatic hydroxyl groups is 4. The number of pyridine rings is 6. The van der Waals surface area contributed by atoms with Gasteiger partial charge in [-0.25, -0.2) is 0 Å². The van der Waals surface area contributed by atoms with Gasteiger partial charge in [-0.3, -0.25) is 29.9 Å². The number of aromatic nitrogens is 6. The predicted octanol–water partition coefficient (Wildman–Crippen LogP) is 5.98. The van der Waals surface area contributed by atoms with E-state index in [1.807, 2.05) is 42.6 Å². The summed E-state index contributed by atoms with van der Waals surface area (Å²) in [5, 5.41) is 36.9. The molecule has 0 aliphatic carbocycles. The van der Waals surface area contributed by atoms with Crippen LogP contribution in [0, 0.1) is 0 Å². The van der Waals surface area contributed by atoms with Gasteiger partial charge in [0.2, 0.25) is 0 Å². The number of hydrogen-bond acceptors (Lipinski definition) is 10. The van der Waals surface area contributed by atoms with Gasteiger partial charge in [-0.1, -0.05) is 12.1 Å². The number of nitrogens with zero attached hydrogens (tertiary/aromatic N) is 6. The molecule has 6 heterocycles. The van der Waals surface area contributed by atoms with Crippen LogP contribution in [0.1, 0.15) is 5.56 Å². The summed E-state index contributed by atoms with van der Waals surface area (Å²) in [6, 6.07) is 21.7. The first-order valence-corrected chi connectivity index (χ1v) is 13.0. The van der Waals surface area contributed by atoms with Gasteiger partial charge in [-0.15, -0.1) is 6.58 Å². The van der Waals surface area contributed by atoms with Gasteiger partial charge < -0.3 is 20.4 Å². The topological polar surface area (TPSA) is 158 Å². The fourth-order valence-electron chi connectivity index (χ4n) is 3.66. The van der Waals surface area contributed by atoms with E-state index in [-0.39, 0.29) is 23.0 Å². The van der Waals surface area contributed by atoms with Crippen LogP contribution in [-0.4, -0.2) is 50.3 Å². The zero-order chi connectivity index (χ0) is 30.4. The average Bonchev–Trinajstić information content (AvgIpc) is 3.03. The van der Waals surface area contributed by atoms with Gasteiger partial charge in [0.15, 0.2) is 0 Å². The van der Waals surface area contributed by atoms with E-state index >= 15 is 0 Å². The van der Waals surface area contributed by atoms with Crippen molar-refractivity contribution in [1.29, 1.82) is 0 Å². The number of rotatable bonds is 5. The monoisotopic (exact) mass is 572 g/mol. The van der Waals surface area contributed by atoms with Crippen molar-refractivity contribution in [1.82, 2.24) is 29.9 Å². The lowest BCUT2D eigenvalue weighted by Crippen LogP contribution is -1.89. The van der Waals surface area contributed by atoms with E-state index < -0.39 is 0 Å². The molecule has 0 aliphatic heterocycles. The molecule has 4 N–H and O–H groups in total. The van der Waals surface area contributed by atoms with Crippen LogP contribution < -0.4 is 0 Å². The molecule has 0 atom stereocenters. The van der Waals surface area contributed by atoms with E-state index in [0.717, 1.165) is 17.8 Å². The van der Waals surface area contributed by atoms with E-state index in [2.05, 4.69) is 36.5 Å². The standard InChI is InChI=1S/C13H12N2.2C10H8N2O2/c1-2-5-11-7-9-15-13(10-11)12-6-3-4-8-14-12;2*13-7-1-3-11-9(5-7)10-6-8(14)2-4-12-10/h2-4,6-10H,1,5H2;2*1-6H,(H,11,13)(H,12,14). The minimum Gasteiger partial charge on any atom is -0.508 e. The van der Waals surface area contributed by atoms with E-state index in [4.69, 9.17) is 0 Å². The van der Waals surface area contributed by atoms with Gasteiger partial charge in [-0.05, 0) is 60.5 Å². The molecule has 0 aromatic carbocycles. The zero-order valence-corrected chi connectivity index (χ0v) is 22.9. The predicted molar refractivity (Wildman–Crippen MR) is 163 cm³/mol. The quantitative estimate of drug-likeness (QED) is 0.181. The van der Waals surface area contributed by atoms with Gasteiger partial charge in [0.1, 0.15) is 23.0 Å². The second-order valence-corrected chi connectivity index (χ2v) is 8.85. The third-order valence-corrected chi connectivity index (χ3v) is 5.63. The van der Waals surface area contributed by atoms with Crippen LogP contribution in [0.3, 0.4) is 0 Å². The normalized spacial score (nSPS) is 9.95. The zero-order valence-electron chi connectivity index (χ0n) is 22.9. The summed E-state index contributed by atoms with van der Waals surface area (Å²) in [5.74, 6) is 0.501. The molecular formula is C33H28N6O4. The van der Waals surface area contributed by atoms with Crippen molar-refractivity contribution in [3.63, 3.8) is 0 Å². The maximum atomic E-state index is 9.21. The first-order valence-electron chi connectivity index (χ1n) is 13.0. The maximum absolute atomic E-state index is 9.21.